The van der Waals surface area contributed by atoms with Gasteiger partial charge in [0.2, 0.25) is 0 Å². The summed E-state index contributed by atoms with van der Waals surface area (Å²) < 4.78 is 46.1. The lowest BCUT2D eigenvalue weighted by Gasteiger charge is -2.26. The summed E-state index contributed by atoms with van der Waals surface area (Å²) in [6.07, 6.45) is 3.45. The highest BCUT2D eigenvalue weighted by Crippen LogP contribution is 2.35. The number of carbonyl (C=O) groups is 1. The SMILES string of the molecule is C=CC1CCC(n2cc3cc(NC(=O)c4cccc(C(F)(F)F)n4)c(OC)cc3n2)CC1. The summed E-state index contributed by atoms with van der Waals surface area (Å²) in [4.78, 5) is 16.0. The van der Waals surface area contributed by atoms with E-state index in [2.05, 4.69) is 22.0 Å². The minimum Gasteiger partial charge on any atom is -0.494 e. The topological polar surface area (TPSA) is 69.0 Å². The molecule has 1 aromatic carbocycles. The molecule has 0 spiro atoms. The molecule has 2 heterocycles. The van der Waals surface area contributed by atoms with Gasteiger partial charge in [0.25, 0.3) is 5.91 Å². The van der Waals surface area contributed by atoms with Crippen LogP contribution in [0.1, 0.15) is 47.9 Å². The molecular formula is C23H23F3N4O2. The molecule has 9 heteroatoms. The number of alkyl halides is 3. The van der Waals surface area contributed by atoms with Gasteiger partial charge in [0.15, 0.2) is 0 Å². The van der Waals surface area contributed by atoms with E-state index < -0.39 is 17.8 Å². The van der Waals surface area contributed by atoms with Gasteiger partial charge in [0, 0.05) is 17.6 Å². The minimum atomic E-state index is -4.63. The molecule has 2 aromatic heterocycles. The summed E-state index contributed by atoms with van der Waals surface area (Å²) in [6.45, 7) is 3.88. The third-order valence-corrected chi connectivity index (χ3v) is 5.81. The summed E-state index contributed by atoms with van der Waals surface area (Å²) in [5.41, 5.74) is -0.418. The second kappa shape index (κ2) is 8.64. The van der Waals surface area contributed by atoms with Gasteiger partial charge in [-0.2, -0.15) is 18.3 Å². The van der Waals surface area contributed by atoms with E-state index >= 15 is 0 Å². The Kier molecular flexibility index (Phi) is 5.90. The van der Waals surface area contributed by atoms with Crippen LogP contribution in [0.5, 0.6) is 5.75 Å². The number of pyridine rings is 1. The Labute approximate surface area is 183 Å². The number of hydrogen-bond acceptors (Lipinski definition) is 4. The van der Waals surface area contributed by atoms with E-state index in [1.54, 1.807) is 12.1 Å². The van der Waals surface area contributed by atoms with Gasteiger partial charge in [-0.15, -0.1) is 6.58 Å². The maximum absolute atomic E-state index is 12.9. The number of allylic oxidation sites excluding steroid dienone is 1. The van der Waals surface area contributed by atoms with Crippen LogP contribution >= 0.6 is 0 Å². The number of anilines is 1. The highest BCUT2D eigenvalue weighted by atomic mass is 19.4. The molecule has 1 saturated carbocycles. The highest BCUT2D eigenvalue weighted by molar-refractivity contribution is 6.05. The predicted molar refractivity (Wildman–Crippen MR) is 115 cm³/mol. The van der Waals surface area contributed by atoms with Crippen LogP contribution in [0.3, 0.4) is 0 Å². The van der Waals surface area contributed by atoms with Crippen LogP contribution < -0.4 is 10.1 Å². The van der Waals surface area contributed by atoms with Crippen molar-refractivity contribution in [2.75, 3.05) is 12.4 Å². The van der Waals surface area contributed by atoms with Crippen molar-refractivity contribution in [2.24, 2.45) is 5.92 Å². The normalized spacial score (nSPS) is 19.0. The van der Waals surface area contributed by atoms with Crippen LogP contribution in [0.2, 0.25) is 0 Å². The Bertz CT molecular complexity index is 1150. The molecule has 168 valence electrons. The van der Waals surface area contributed by atoms with Gasteiger partial charge < -0.3 is 10.1 Å². The van der Waals surface area contributed by atoms with Gasteiger partial charge in [-0.05, 0) is 49.8 Å². The first-order chi connectivity index (χ1) is 15.3. The number of rotatable bonds is 5. The molecule has 0 aliphatic heterocycles. The minimum absolute atomic E-state index is 0.289. The number of aromatic nitrogens is 3. The second-order valence-electron chi connectivity index (χ2n) is 7.88. The van der Waals surface area contributed by atoms with E-state index in [9.17, 15) is 18.0 Å². The van der Waals surface area contributed by atoms with E-state index in [0.717, 1.165) is 43.2 Å². The van der Waals surface area contributed by atoms with Gasteiger partial charge in [-0.25, -0.2) is 4.98 Å². The summed E-state index contributed by atoms with van der Waals surface area (Å²) in [5, 5.41) is 8.08. The highest BCUT2D eigenvalue weighted by Gasteiger charge is 2.33. The quantitative estimate of drug-likeness (QED) is 0.518. The summed E-state index contributed by atoms with van der Waals surface area (Å²) in [6, 6.07) is 6.90. The zero-order valence-corrected chi connectivity index (χ0v) is 17.5. The number of hydrogen-bond donors (Lipinski definition) is 1. The van der Waals surface area contributed by atoms with E-state index in [1.807, 2.05) is 17.0 Å². The smallest absolute Gasteiger partial charge is 0.433 e. The molecule has 1 fully saturated rings. The van der Waals surface area contributed by atoms with Crippen LogP contribution in [-0.2, 0) is 6.18 Å². The first-order valence-corrected chi connectivity index (χ1v) is 10.3. The number of fused-ring (bicyclic) bond motifs is 1. The lowest BCUT2D eigenvalue weighted by molar-refractivity contribution is -0.141. The average Bonchev–Trinajstić information content (AvgIpc) is 3.21. The third-order valence-electron chi connectivity index (χ3n) is 5.81. The van der Waals surface area contributed by atoms with Crippen LogP contribution in [0, 0.1) is 5.92 Å². The van der Waals surface area contributed by atoms with Gasteiger partial charge >= 0.3 is 6.18 Å². The number of benzene rings is 1. The lowest BCUT2D eigenvalue weighted by Crippen LogP contribution is -2.17. The van der Waals surface area contributed by atoms with Crippen molar-refractivity contribution in [3.8, 4) is 5.75 Å². The monoisotopic (exact) mass is 444 g/mol. The first kappa shape index (κ1) is 21.9. The summed E-state index contributed by atoms with van der Waals surface area (Å²) in [7, 11) is 1.45. The average molecular weight is 444 g/mol. The van der Waals surface area contributed by atoms with Crippen molar-refractivity contribution < 1.29 is 22.7 Å². The fraction of sp³-hybridized carbons (Fsp3) is 0.348. The van der Waals surface area contributed by atoms with Crippen LogP contribution in [0.15, 0.2) is 49.2 Å². The van der Waals surface area contributed by atoms with Crippen LogP contribution in [0.25, 0.3) is 10.9 Å². The van der Waals surface area contributed by atoms with Crippen molar-refractivity contribution in [1.82, 2.24) is 14.8 Å². The van der Waals surface area contributed by atoms with Crippen molar-refractivity contribution in [1.29, 1.82) is 0 Å². The number of halogens is 3. The molecule has 1 N–H and O–H groups in total. The van der Waals surface area contributed by atoms with Crippen molar-refractivity contribution in [3.63, 3.8) is 0 Å². The van der Waals surface area contributed by atoms with Gasteiger partial charge in [0.1, 0.15) is 17.1 Å². The van der Waals surface area contributed by atoms with Crippen molar-refractivity contribution >= 4 is 22.5 Å². The number of carbonyl (C=O) groups excluding carboxylic acids is 1. The van der Waals surface area contributed by atoms with Crippen LogP contribution in [0.4, 0.5) is 18.9 Å². The van der Waals surface area contributed by atoms with E-state index in [1.165, 1.54) is 13.2 Å². The molecular weight excluding hydrogens is 421 g/mol. The number of nitrogens with one attached hydrogen (secondary N) is 1. The molecule has 3 aromatic rings. The van der Waals surface area contributed by atoms with E-state index in [-0.39, 0.29) is 11.7 Å². The Hall–Kier alpha value is -3.36. The largest absolute Gasteiger partial charge is 0.494 e. The Balaban J connectivity index is 1.59. The van der Waals surface area contributed by atoms with Gasteiger partial charge in [0.05, 0.1) is 24.4 Å². The molecule has 4 rings (SSSR count). The van der Waals surface area contributed by atoms with Crippen LogP contribution in [-0.4, -0.2) is 27.8 Å². The van der Waals surface area contributed by atoms with Gasteiger partial charge in [-0.1, -0.05) is 12.1 Å². The summed E-state index contributed by atoms with van der Waals surface area (Å²) in [5.74, 6) is 0.143. The number of methoxy groups -OCH3 is 1. The van der Waals surface area contributed by atoms with E-state index in [0.29, 0.717) is 22.9 Å². The van der Waals surface area contributed by atoms with Crippen molar-refractivity contribution in [2.45, 2.75) is 37.9 Å². The molecule has 32 heavy (non-hydrogen) atoms. The number of ether oxygens (including phenoxy) is 1. The Morgan fingerprint density at radius 3 is 2.66 bits per heavy atom. The van der Waals surface area contributed by atoms with E-state index in [4.69, 9.17) is 4.74 Å². The first-order valence-electron chi connectivity index (χ1n) is 10.3. The van der Waals surface area contributed by atoms with Crippen molar-refractivity contribution in [3.05, 3.63) is 60.6 Å². The zero-order valence-electron chi connectivity index (χ0n) is 17.5. The molecule has 0 bridgehead atoms. The third kappa shape index (κ3) is 4.46. The molecule has 1 aliphatic rings. The standard InChI is InChI=1S/C23H23F3N4O2/c1-3-14-7-9-16(10-8-14)30-13-15-11-19(20(32-2)12-18(15)29-30)28-22(31)17-5-4-6-21(27-17)23(24,25)26/h3-6,11-14,16H,1,7-10H2,2H3,(H,28,31). The number of nitrogens with zero attached hydrogens (tertiary/aromatic N) is 3. The second-order valence-corrected chi connectivity index (χ2v) is 7.88. The van der Waals surface area contributed by atoms with Gasteiger partial charge in [-0.3, -0.25) is 9.48 Å². The molecule has 0 saturated heterocycles. The maximum atomic E-state index is 12.9. The number of amides is 1. The lowest BCUT2D eigenvalue weighted by atomic mass is 9.86. The predicted octanol–water partition coefficient (Wildman–Crippen LogP) is 5.63. The maximum Gasteiger partial charge on any atom is 0.433 e. The zero-order chi connectivity index (χ0) is 22.9. The molecule has 0 unspecified atom stereocenters. The molecule has 0 atom stereocenters. The summed E-state index contributed by atoms with van der Waals surface area (Å²) >= 11 is 0. The molecule has 0 radical (unpaired) electrons. The Morgan fingerprint density at radius 1 is 1.25 bits per heavy atom. The molecule has 6 nitrogen and oxygen atoms in total. The molecule has 1 aliphatic carbocycles. The fourth-order valence-electron chi connectivity index (χ4n) is 4.03. The fourth-order valence-corrected chi connectivity index (χ4v) is 4.03. The molecule has 1 amide bonds. The Morgan fingerprint density at radius 2 is 2.00 bits per heavy atom.